The number of benzene rings is 1. The third kappa shape index (κ3) is 3.90. The van der Waals surface area contributed by atoms with Crippen LogP contribution >= 0.6 is 11.8 Å². The summed E-state index contributed by atoms with van der Waals surface area (Å²) in [6, 6.07) is 7.91. The van der Waals surface area contributed by atoms with Crippen LogP contribution in [0.3, 0.4) is 0 Å². The van der Waals surface area contributed by atoms with E-state index in [1.165, 1.54) is 11.8 Å². The van der Waals surface area contributed by atoms with E-state index in [0.29, 0.717) is 0 Å². The monoisotopic (exact) mass is 348 g/mol. The van der Waals surface area contributed by atoms with Crippen LogP contribution in [-0.4, -0.2) is 52.0 Å². The average molecular weight is 348 g/mol. The highest BCUT2D eigenvalue weighted by Gasteiger charge is 2.23. The van der Waals surface area contributed by atoms with Gasteiger partial charge in [-0.15, -0.1) is 10.2 Å². The van der Waals surface area contributed by atoms with Gasteiger partial charge in [0.15, 0.2) is 11.0 Å². The summed E-state index contributed by atoms with van der Waals surface area (Å²) in [5.74, 6) is 1.65. The molecule has 2 rings (SSSR count). The average Bonchev–Trinajstić information content (AvgIpc) is 2.97. The minimum Gasteiger partial charge on any atom is -0.497 e. The summed E-state index contributed by atoms with van der Waals surface area (Å²) < 4.78 is 7.26. The van der Waals surface area contributed by atoms with Gasteiger partial charge in [-0.3, -0.25) is 9.36 Å². The molecule has 0 radical (unpaired) electrons. The molecule has 0 spiro atoms. The molecule has 1 aromatic heterocycles. The first-order valence-corrected chi connectivity index (χ1v) is 8.70. The van der Waals surface area contributed by atoms with Crippen molar-refractivity contribution in [2.45, 2.75) is 37.2 Å². The van der Waals surface area contributed by atoms with Crippen LogP contribution in [0.2, 0.25) is 0 Å². The van der Waals surface area contributed by atoms with Crippen LogP contribution in [-0.2, 0) is 4.79 Å². The Morgan fingerprint density at radius 2 is 1.79 bits per heavy atom. The number of carbonyl (C=O) groups is 1. The minimum atomic E-state index is -0.217. The van der Waals surface area contributed by atoms with Crippen molar-refractivity contribution in [3.8, 4) is 17.1 Å². The second-order valence-electron chi connectivity index (χ2n) is 5.99. The van der Waals surface area contributed by atoms with Crippen LogP contribution < -0.4 is 4.74 Å². The lowest BCUT2D eigenvalue weighted by Crippen LogP contribution is -2.29. The van der Waals surface area contributed by atoms with Crippen molar-refractivity contribution in [1.29, 1.82) is 0 Å². The maximum Gasteiger partial charge on any atom is 0.235 e. The summed E-state index contributed by atoms with van der Waals surface area (Å²) >= 11 is 1.43. The molecule has 6 nitrogen and oxygen atoms in total. The van der Waals surface area contributed by atoms with Gasteiger partial charge in [0.25, 0.3) is 0 Å². The lowest BCUT2D eigenvalue weighted by atomic mass is 10.2. The van der Waals surface area contributed by atoms with Crippen LogP contribution in [0.15, 0.2) is 29.4 Å². The molecule has 130 valence electrons. The first-order chi connectivity index (χ1) is 11.3. The van der Waals surface area contributed by atoms with E-state index in [2.05, 4.69) is 28.6 Å². The van der Waals surface area contributed by atoms with Crippen molar-refractivity contribution in [2.75, 3.05) is 21.2 Å². The van der Waals surface area contributed by atoms with Gasteiger partial charge in [-0.05, 0) is 45.0 Å². The number of rotatable bonds is 6. The number of carbonyl (C=O) groups excluding carboxylic acids is 1. The Morgan fingerprint density at radius 3 is 2.29 bits per heavy atom. The van der Waals surface area contributed by atoms with Gasteiger partial charge in [0.1, 0.15) is 5.75 Å². The zero-order chi connectivity index (χ0) is 17.9. The van der Waals surface area contributed by atoms with E-state index in [-0.39, 0.29) is 17.2 Å². The van der Waals surface area contributed by atoms with E-state index in [4.69, 9.17) is 4.74 Å². The molecule has 0 aliphatic heterocycles. The molecule has 0 bridgehead atoms. The van der Waals surface area contributed by atoms with Crippen molar-refractivity contribution < 1.29 is 9.53 Å². The number of aromatic nitrogens is 3. The fourth-order valence-electron chi connectivity index (χ4n) is 2.33. The van der Waals surface area contributed by atoms with Crippen LogP contribution in [0.4, 0.5) is 0 Å². The Labute approximate surface area is 147 Å². The van der Waals surface area contributed by atoms with Crippen LogP contribution in [0, 0.1) is 0 Å². The molecule has 0 aliphatic carbocycles. The van der Waals surface area contributed by atoms with Gasteiger partial charge in [0, 0.05) is 25.7 Å². The fourth-order valence-corrected chi connectivity index (χ4v) is 3.46. The summed E-state index contributed by atoms with van der Waals surface area (Å²) in [5.41, 5.74) is 0.968. The van der Waals surface area contributed by atoms with Crippen molar-refractivity contribution >= 4 is 17.7 Å². The summed E-state index contributed by atoms with van der Waals surface area (Å²) in [5, 5.41) is 9.19. The fraction of sp³-hybridized carbons (Fsp3) is 0.471. The summed E-state index contributed by atoms with van der Waals surface area (Å²) in [6.07, 6.45) is 0. The Hall–Kier alpha value is -2.02. The first-order valence-electron chi connectivity index (χ1n) is 7.82. The van der Waals surface area contributed by atoms with Crippen molar-refractivity contribution in [3.05, 3.63) is 24.3 Å². The molecule has 0 unspecified atom stereocenters. The van der Waals surface area contributed by atoms with Gasteiger partial charge in [-0.1, -0.05) is 11.8 Å². The number of methoxy groups -OCH3 is 1. The molecule has 7 heteroatoms. The summed E-state index contributed by atoms with van der Waals surface area (Å²) in [4.78, 5) is 13.7. The SMILES string of the molecule is COc1ccc(-c2nnc(S[C@H](C)C(=O)N(C)C)n2C(C)C)cc1. The molecular formula is C17H24N4O2S. The quantitative estimate of drug-likeness (QED) is 0.751. The third-order valence-corrected chi connectivity index (χ3v) is 4.64. The molecule has 0 aliphatic rings. The smallest absolute Gasteiger partial charge is 0.235 e. The normalized spacial score (nSPS) is 12.3. The second-order valence-corrected chi connectivity index (χ2v) is 7.30. The van der Waals surface area contributed by atoms with E-state index in [1.54, 1.807) is 26.1 Å². The number of ether oxygens (including phenoxy) is 1. The molecule has 1 amide bonds. The molecule has 0 saturated heterocycles. The standard InChI is InChI=1S/C17H24N4O2S/c1-11(2)21-15(13-7-9-14(23-6)10-8-13)18-19-17(21)24-12(3)16(22)20(4)5/h7-12H,1-6H3/t12-/m1/s1. The Balaban J connectivity index is 2.34. The van der Waals surface area contributed by atoms with Crippen molar-refractivity contribution in [1.82, 2.24) is 19.7 Å². The lowest BCUT2D eigenvalue weighted by molar-refractivity contribution is -0.127. The van der Waals surface area contributed by atoms with Crippen LogP contribution in [0.25, 0.3) is 11.4 Å². The Morgan fingerprint density at radius 1 is 1.17 bits per heavy atom. The van der Waals surface area contributed by atoms with Crippen LogP contribution in [0.5, 0.6) is 5.75 Å². The van der Waals surface area contributed by atoms with Gasteiger partial charge in [0.05, 0.1) is 12.4 Å². The zero-order valence-corrected chi connectivity index (χ0v) is 15.8. The molecule has 24 heavy (non-hydrogen) atoms. The molecule has 1 aromatic carbocycles. The van der Waals surface area contributed by atoms with Gasteiger partial charge < -0.3 is 9.64 Å². The molecule has 0 N–H and O–H groups in total. The van der Waals surface area contributed by atoms with Crippen LogP contribution in [0.1, 0.15) is 26.8 Å². The van der Waals surface area contributed by atoms with E-state index in [0.717, 1.165) is 22.3 Å². The largest absolute Gasteiger partial charge is 0.497 e. The van der Waals surface area contributed by atoms with Crippen molar-refractivity contribution in [2.24, 2.45) is 0 Å². The number of amides is 1. The maximum atomic E-state index is 12.1. The van der Waals surface area contributed by atoms with E-state index < -0.39 is 0 Å². The predicted octanol–water partition coefficient (Wildman–Crippen LogP) is 3.10. The van der Waals surface area contributed by atoms with E-state index >= 15 is 0 Å². The molecule has 2 aromatic rings. The number of hydrogen-bond donors (Lipinski definition) is 0. The molecule has 0 saturated carbocycles. The third-order valence-electron chi connectivity index (χ3n) is 3.60. The molecule has 0 fully saturated rings. The predicted molar refractivity (Wildman–Crippen MR) is 96.4 cm³/mol. The topological polar surface area (TPSA) is 60.3 Å². The van der Waals surface area contributed by atoms with Crippen molar-refractivity contribution in [3.63, 3.8) is 0 Å². The highest BCUT2D eigenvalue weighted by atomic mass is 32.2. The lowest BCUT2D eigenvalue weighted by Gasteiger charge is -2.18. The highest BCUT2D eigenvalue weighted by molar-refractivity contribution is 8.00. The van der Waals surface area contributed by atoms with Gasteiger partial charge in [-0.25, -0.2) is 0 Å². The summed E-state index contributed by atoms with van der Waals surface area (Å²) in [7, 11) is 5.16. The van der Waals surface area contributed by atoms with Gasteiger partial charge >= 0.3 is 0 Å². The number of nitrogens with zero attached hydrogens (tertiary/aromatic N) is 4. The summed E-state index contributed by atoms with van der Waals surface area (Å²) in [6.45, 7) is 6.05. The maximum absolute atomic E-state index is 12.1. The molecule has 1 atom stereocenters. The highest BCUT2D eigenvalue weighted by Crippen LogP contribution is 2.30. The zero-order valence-electron chi connectivity index (χ0n) is 15.0. The van der Waals surface area contributed by atoms with E-state index in [1.807, 2.05) is 31.2 Å². The number of thioether (sulfide) groups is 1. The Bertz CT molecular complexity index is 695. The Kier molecular flexibility index (Phi) is 5.88. The first kappa shape index (κ1) is 18.3. The number of hydrogen-bond acceptors (Lipinski definition) is 5. The molecular weight excluding hydrogens is 324 g/mol. The van der Waals surface area contributed by atoms with Gasteiger partial charge in [0.2, 0.25) is 5.91 Å². The van der Waals surface area contributed by atoms with Gasteiger partial charge in [-0.2, -0.15) is 0 Å². The molecule has 1 heterocycles. The van der Waals surface area contributed by atoms with E-state index in [9.17, 15) is 4.79 Å². The second kappa shape index (κ2) is 7.70. The minimum absolute atomic E-state index is 0.0595.